The SMILES string of the molecule is O=C1CC[C@@H](CNCc2ncc(-c3cccc(-c4cccc(-c5ccn6c(=O)c(CNC[C@@H]7CCC(=O)N7)cnc6c5)c4Cl)c3Cl)s2)N1. The van der Waals surface area contributed by atoms with E-state index < -0.39 is 0 Å². The lowest BCUT2D eigenvalue weighted by molar-refractivity contribution is -0.120. The highest BCUT2D eigenvalue weighted by Crippen LogP contribution is 2.43. The average molecular weight is 703 g/mol. The number of aromatic nitrogens is 3. The molecule has 2 aromatic carbocycles. The Kier molecular flexibility index (Phi) is 9.56. The van der Waals surface area contributed by atoms with Gasteiger partial charge in [0.25, 0.3) is 5.56 Å². The summed E-state index contributed by atoms with van der Waals surface area (Å²) in [6, 6.07) is 15.7. The molecule has 7 rings (SSSR count). The van der Waals surface area contributed by atoms with E-state index in [2.05, 4.69) is 31.2 Å². The number of fused-ring (bicyclic) bond motifs is 1. The number of nitrogens with zero attached hydrogens (tertiary/aromatic N) is 3. The van der Waals surface area contributed by atoms with Gasteiger partial charge in [0.05, 0.1) is 14.9 Å². The molecule has 2 fully saturated rings. The molecule has 48 heavy (non-hydrogen) atoms. The number of hydrogen-bond acceptors (Lipinski definition) is 8. The Morgan fingerprint density at radius 2 is 1.42 bits per heavy atom. The molecule has 2 saturated heterocycles. The van der Waals surface area contributed by atoms with Crippen LogP contribution in [0, 0.1) is 0 Å². The highest BCUT2D eigenvalue weighted by molar-refractivity contribution is 7.15. The highest BCUT2D eigenvalue weighted by Gasteiger charge is 2.22. The number of nitrogens with one attached hydrogen (secondary N) is 4. The number of hydrogen-bond donors (Lipinski definition) is 4. The number of thiazole rings is 1. The number of rotatable bonds is 11. The Hall–Kier alpha value is -4.13. The van der Waals surface area contributed by atoms with Crippen LogP contribution in [0.2, 0.25) is 10.0 Å². The molecule has 0 radical (unpaired) electrons. The van der Waals surface area contributed by atoms with E-state index in [9.17, 15) is 14.4 Å². The second kappa shape index (κ2) is 14.2. The quantitative estimate of drug-likeness (QED) is 0.149. The van der Waals surface area contributed by atoms with Crippen molar-refractivity contribution in [1.82, 2.24) is 35.6 Å². The molecule has 246 valence electrons. The van der Waals surface area contributed by atoms with E-state index in [1.165, 1.54) is 4.40 Å². The van der Waals surface area contributed by atoms with Crippen LogP contribution in [0.15, 0.2) is 71.9 Å². The van der Waals surface area contributed by atoms with Crippen LogP contribution in [0.1, 0.15) is 36.3 Å². The summed E-state index contributed by atoms with van der Waals surface area (Å²) in [6.45, 7) is 2.27. The lowest BCUT2D eigenvalue weighted by Crippen LogP contribution is -2.36. The van der Waals surface area contributed by atoms with Gasteiger partial charge in [-0.25, -0.2) is 9.97 Å². The third-order valence-electron chi connectivity index (χ3n) is 8.74. The minimum Gasteiger partial charge on any atom is -0.352 e. The van der Waals surface area contributed by atoms with E-state index in [1.807, 2.05) is 54.7 Å². The van der Waals surface area contributed by atoms with Gasteiger partial charge >= 0.3 is 0 Å². The predicted molar refractivity (Wildman–Crippen MR) is 189 cm³/mol. The zero-order valence-corrected chi connectivity index (χ0v) is 28.2. The number of pyridine rings is 1. The van der Waals surface area contributed by atoms with Gasteiger partial charge in [0.1, 0.15) is 10.7 Å². The highest BCUT2D eigenvalue weighted by atomic mass is 35.5. The summed E-state index contributed by atoms with van der Waals surface area (Å²) in [7, 11) is 0. The molecule has 10 nitrogen and oxygen atoms in total. The molecule has 2 aliphatic rings. The topological polar surface area (TPSA) is 130 Å². The van der Waals surface area contributed by atoms with Gasteiger partial charge < -0.3 is 21.3 Å². The van der Waals surface area contributed by atoms with Crippen molar-refractivity contribution in [2.45, 2.75) is 50.9 Å². The summed E-state index contributed by atoms with van der Waals surface area (Å²) < 4.78 is 1.53. The van der Waals surface area contributed by atoms with Crippen LogP contribution in [-0.2, 0) is 22.7 Å². The zero-order valence-electron chi connectivity index (χ0n) is 25.9. The number of halogens is 2. The normalized spacial score (nSPS) is 17.6. The van der Waals surface area contributed by atoms with Crippen LogP contribution >= 0.6 is 34.5 Å². The lowest BCUT2D eigenvalue weighted by atomic mass is 9.97. The van der Waals surface area contributed by atoms with Crippen LogP contribution < -0.4 is 26.8 Å². The molecule has 0 saturated carbocycles. The Balaban J connectivity index is 1.08. The van der Waals surface area contributed by atoms with E-state index in [4.69, 9.17) is 23.2 Å². The van der Waals surface area contributed by atoms with Crippen LogP contribution in [0.5, 0.6) is 0 Å². The van der Waals surface area contributed by atoms with Crippen molar-refractivity contribution in [2.24, 2.45) is 0 Å². The molecule has 2 aliphatic heterocycles. The molecule has 0 aliphatic carbocycles. The first-order chi connectivity index (χ1) is 23.3. The average Bonchev–Trinajstić information content (AvgIpc) is 3.84. The van der Waals surface area contributed by atoms with Gasteiger partial charge in [0.2, 0.25) is 11.8 Å². The van der Waals surface area contributed by atoms with Crippen molar-refractivity contribution >= 4 is 52.0 Å². The van der Waals surface area contributed by atoms with Crippen LogP contribution in [0.3, 0.4) is 0 Å². The van der Waals surface area contributed by atoms with Gasteiger partial charge in [-0.15, -0.1) is 11.3 Å². The van der Waals surface area contributed by atoms with E-state index in [0.717, 1.165) is 50.5 Å². The molecule has 0 unspecified atom stereocenters. The third-order valence-corrected chi connectivity index (χ3v) is 10.6. The lowest BCUT2D eigenvalue weighted by Gasteiger charge is -2.14. The molecular weight excluding hydrogens is 669 g/mol. The largest absolute Gasteiger partial charge is 0.352 e. The van der Waals surface area contributed by atoms with Crippen molar-refractivity contribution in [1.29, 1.82) is 0 Å². The number of carbonyl (C=O) groups excluding carboxylic acids is 2. The van der Waals surface area contributed by atoms with Crippen molar-refractivity contribution in [3.8, 4) is 32.7 Å². The van der Waals surface area contributed by atoms with E-state index in [1.54, 1.807) is 23.7 Å². The molecule has 0 bridgehead atoms. The Morgan fingerprint density at radius 3 is 2.08 bits per heavy atom. The van der Waals surface area contributed by atoms with Crippen molar-refractivity contribution in [3.05, 3.63) is 98.1 Å². The van der Waals surface area contributed by atoms with Crippen molar-refractivity contribution < 1.29 is 9.59 Å². The zero-order chi connectivity index (χ0) is 33.2. The molecule has 2 atom stereocenters. The van der Waals surface area contributed by atoms with Gasteiger partial charge in [-0.1, -0.05) is 59.6 Å². The summed E-state index contributed by atoms with van der Waals surface area (Å²) in [5, 5.41) is 14.6. The molecule has 2 amide bonds. The van der Waals surface area contributed by atoms with Crippen LogP contribution in [0.4, 0.5) is 0 Å². The Labute approximate surface area is 290 Å². The first-order valence-corrected chi connectivity index (χ1v) is 17.4. The van der Waals surface area contributed by atoms with Gasteiger partial charge in [0, 0.05) is 97.5 Å². The maximum atomic E-state index is 13.2. The standard InChI is InChI=1S/C35H33Cl2N7O3S/c36-33-24(20-11-12-44-29(13-20)40-15-21(35(44)47)14-38-16-22-7-9-30(45)42-22)3-1-4-25(33)26-5-2-6-27(34(26)37)28-18-41-32(48-28)19-39-17-23-8-10-31(46)43-23/h1-6,11-13,15,18,22-23,38-39H,7-10,14,16-17,19H2,(H,42,45)(H,43,46)/t22-,23-/m0/s1. The molecule has 5 aromatic rings. The van der Waals surface area contributed by atoms with Crippen LogP contribution in [-0.4, -0.2) is 51.4 Å². The number of benzene rings is 2. The minimum atomic E-state index is -0.151. The first kappa shape index (κ1) is 32.4. The minimum absolute atomic E-state index is 0.0652. The molecule has 0 spiro atoms. The van der Waals surface area contributed by atoms with Crippen molar-refractivity contribution in [3.63, 3.8) is 0 Å². The molecule has 13 heteroatoms. The predicted octanol–water partition coefficient (Wildman–Crippen LogP) is 5.20. The number of amides is 2. The summed E-state index contributed by atoms with van der Waals surface area (Å²) in [6.07, 6.45) is 7.92. The van der Waals surface area contributed by atoms with Crippen LogP contribution in [0.25, 0.3) is 38.3 Å². The third kappa shape index (κ3) is 6.87. The van der Waals surface area contributed by atoms with E-state index in [0.29, 0.717) is 60.3 Å². The molecule has 5 heterocycles. The summed E-state index contributed by atoms with van der Waals surface area (Å²) in [5.74, 6) is 0.173. The maximum Gasteiger partial charge on any atom is 0.262 e. The second-order valence-electron chi connectivity index (χ2n) is 12.1. The van der Waals surface area contributed by atoms with E-state index in [-0.39, 0.29) is 29.5 Å². The molecule has 3 aromatic heterocycles. The molecule has 4 N–H and O–H groups in total. The smallest absolute Gasteiger partial charge is 0.262 e. The summed E-state index contributed by atoms with van der Waals surface area (Å²) in [5.41, 5.74) is 4.97. The summed E-state index contributed by atoms with van der Waals surface area (Å²) in [4.78, 5) is 46.2. The number of carbonyl (C=O) groups is 2. The van der Waals surface area contributed by atoms with E-state index >= 15 is 0 Å². The summed E-state index contributed by atoms with van der Waals surface area (Å²) >= 11 is 15.7. The molecular formula is C35H33Cl2N7O3S. The fraction of sp³-hybridized carbons (Fsp3) is 0.286. The fourth-order valence-corrected chi connectivity index (χ4v) is 7.85. The Morgan fingerprint density at radius 1 is 0.792 bits per heavy atom. The Bertz CT molecular complexity index is 2080. The first-order valence-electron chi connectivity index (χ1n) is 15.9. The van der Waals surface area contributed by atoms with Gasteiger partial charge in [-0.3, -0.25) is 18.8 Å². The monoisotopic (exact) mass is 701 g/mol. The second-order valence-corrected chi connectivity index (χ2v) is 13.9. The van der Waals surface area contributed by atoms with Gasteiger partial charge in [-0.2, -0.15) is 0 Å². The fourth-order valence-electron chi connectivity index (χ4n) is 6.21. The van der Waals surface area contributed by atoms with Crippen molar-refractivity contribution in [2.75, 3.05) is 13.1 Å². The van der Waals surface area contributed by atoms with Gasteiger partial charge in [0.15, 0.2) is 0 Å². The maximum absolute atomic E-state index is 13.2. The van der Waals surface area contributed by atoms with Gasteiger partial charge in [-0.05, 0) is 30.5 Å².